The summed E-state index contributed by atoms with van der Waals surface area (Å²) in [6, 6.07) is 22.2. The van der Waals surface area contributed by atoms with E-state index in [-0.39, 0.29) is 17.1 Å². The topological polar surface area (TPSA) is 68.2 Å². The molecule has 5 aliphatic rings. The molecule has 3 fully saturated rings. The van der Waals surface area contributed by atoms with E-state index in [0.29, 0.717) is 24.8 Å². The van der Waals surface area contributed by atoms with Gasteiger partial charge in [-0.2, -0.15) is 0 Å². The molecule has 0 aromatic heterocycles. The van der Waals surface area contributed by atoms with Crippen molar-refractivity contribution in [3.63, 3.8) is 0 Å². The Morgan fingerprint density at radius 1 is 0.951 bits per heavy atom. The molecule has 41 heavy (non-hydrogen) atoms. The van der Waals surface area contributed by atoms with E-state index in [4.69, 9.17) is 14.2 Å². The lowest BCUT2D eigenvalue weighted by Gasteiger charge is -2.65. The van der Waals surface area contributed by atoms with Crippen LogP contribution >= 0.6 is 0 Å². The van der Waals surface area contributed by atoms with Gasteiger partial charge in [0.15, 0.2) is 11.5 Å². The number of piperidine rings is 1. The van der Waals surface area contributed by atoms with E-state index in [1.54, 1.807) is 12.1 Å². The lowest BCUT2D eigenvalue weighted by Crippen LogP contribution is -2.76. The maximum Gasteiger partial charge on any atom is 0.335 e. The van der Waals surface area contributed by atoms with Crippen molar-refractivity contribution < 1.29 is 24.1 Å². The van der Waals surface area contributed by atoms with Crippen molar-refractivity contribution in [2.45, 2.75) is 81.3 Å². The predicted octanol–water partition coefficient (Wildman–Crippen LogP) is 6.14. The molecule has 2 aliphatic heterocycles. The highest BCUT2D eigenvalue weighted by Crippen LogP contribution is 2.67. The van der Waals surface area contributed by atoms with Crippen LogP contribution in [0.2, 0.25) is 0 Å². The summed E-state index contributed by atoms with van der Waals surface area (Å²) in [4.78, 5) is 14.2. The molecular formula is C35H37NO5. The minimum atomic E-state index is -0.903. The van der Waals surface area contributed by atoms with Crippen molar-refractivity contribution >= 4 is 5.97 Å². The molecule has 212 valence electrons. The van der Waals surface area contributed by atoms with Crippen molar-refractivity contribution in [2.24, 2.45) is 5.92 Å². The highest BCUT2D eigenvalue weighted by atomic mass is 16.5. The van der Waals surface area contributed by atoms with Gasteiger partial charge in [0.1, 0.15) is 12.7 Å². The van der Waals surface area contributed by atoms with Crippen LogP contribution in [0.15, 0.2) is 66.7 Å². The predicted molar refractivity (Wildman–Crippen MR) is 154 cm³/mol. The quantitative estimate of drug-likeness (QED) is 0.345. The van der Waals surface area contributed by atoms with Gasteiger partial charge >= 0.3 is 5.97 Å². The molecule has 1 N–H and O–H groups in total. The molecule has 2 saturated carbocycles. The largest absolute Gasteiger partial charge is 0.485 e. The number of hydrogen-bond acceptors (Lipinski definition) is 5. The maximum atomic E-state index is 11.4. The molecular weight excluding hydrogens is 514 g/mol. The molecule has 3 aliphatic carbocycles. The number of benzene rings is 3. The third-order valence-corrected chi connectivity index (χ3v) is 10.5. The van der Waals surface area contributed by atoms with Gasteiger partial charge in [0.25, 0.3) is 0 Å². The first-order chi connectivity index (χ1) is 20.1. The van der Waals surface area contributed by atoms with Gasteiger partial charge in [-0.1, -0.05) is 48.5 Å². The standard InChI is InChI=1S/C35H37NO5/c37-33(38)26-12-10-25(11-13-26)22-40-35-16-4-7-30-34(35)17-18-36(20-23-8-9-23)29(35)19-27-14-15-28(32(41-30)31(27)34)39-21-24-5-2-1-3-6-24/h1-3,5-6,10-15,23,29-30H,4,7-9,16-22H2,(H,37,38)/t29-,30?,34-,35-/m1/s1. The zero-order chi connectivity index (χ0) is 27.6. The monoisotopic (exact) mass is 551 g/mol. The van der Waals surface area contributed by atoms with Crippen LogP contribution in [-0.2, 0) is 29.8 Å². The molecule has 1 saturated heterocycles. The third-order valence-electron chi connectivity index (χ3n) is 10.5. The van der Waals surface area contributed by atoms with Crippen LogP contribution in [0.25, 0.3) is 0 Å². The zero-order valence-corrected chi connectivity index (χ0v) is 23.4. The van der Waals surface area contributed by atoms with Crippen molar-refractivity contribution in [3.05, 3.63) is 94.5 Å². The van der Waals surface area contributed by atoms with Crippen molar-refractivity contribution in [3.8, 4) is 11.5 Å². The summed E-state index contributed by atoms with van der Waals surface area (Å²) in [6.45, 7) is 3.22. The van der Waals surface area contributed by atoms with Gasteiger partial charge in [0.2, 0.25) is 0 Å². The van der Waals surface area contributed by atoms with E-state index < -0.39 is 5.97 Å². The van der Waals surface area contributed by atoms with Crippen LogP contribution in [0, 0.1) is 5.92 Å². The Bertz CT molecular complexity index is 1470. The first-order valence-electron chi connectivity index (χ1n) is 15.3. The van der Waals surface area contributed by atoms with E-state index in [1.807, 2.05) is 30.3 Å². The van der Waals surface area contributed by atoms with Crippen LogP contribution in [0.3, 0.4) is 0 Å². The second-order valence-corrected chi connectivity index (χ2v) is 12.8. The summed E-state index contributed by atoms with van der Waals surface area (Å²) in [7, 11) is 0. The first kappa shape index (κ1) is 25.4. The van der Waals surface area contributed by atoms with Gasteiger partial charge < -0.3 is 19.3 Å². The highest BCUT2D eigenvalue weighted by Gasteiger charge is 2.72. The summed E-state index contributed by atoms with van der Waals surface area (Å²) in [5.74, 6) is 1.70. The molecule has 8 rings (SSSR count). The number of hydrogen-bond donors (Lipinski definition) is 1. The van der Waals surface area contributed by atoms with Gasteiger partial charge in [-0.15, -0.1) is 0 Å². The van der Waals surface area contributed by atoms with E-state index in [0.717, 1.165) is 73.7 Å². The highest BCUT2D eigenvalue weighted by molar-refractivity contribution is 5.87. The SMILES string of the molecule is O=C(O)c1ccc(CO[C@@]23CCCC4Oc5c(OCc6ccccc6)ccc6c5[C@@]42CCN(CC2CC2)[C@@H]3C6)cc1. The zero-order valence-electron chi connectivity index (χ0n) is 23.4. The maximum absolute atomic E-state index is 11.4. The fourth-order valence-electron chi connectivity index (χ4n) is 8.53. The Balaban J connectivity index is 1.19. The average Bonchev–Trinajstić information content (AvgIpc) is 3.75. The molecule has 2 heterocycles. The fourth-order valence-corrected chi connectivity index (χ4v) is 8.53. The number of nitrogens with zero attached hydrogens (tertiary/aromatic N) is 1. The molecule has 1 unspecified atom stereocenters. The minimum Gasteiger partial charge on any atom is -0.485 e. The van der Waals surface area contributed by atoms with Crippen molar-refractivity contribution in [1.29, 1.82) is 0 Å². The van der Waals surface area contributed by atoms with Crippen LogP contribution in [0.1, 0.15) is 71.1 Å². The Hall–Kier alpha value is -3.35. The summed E-state index contributed by atoms with van der Waals surface area (Å²) in [5, 5.41) is 9.37. The molecule has 4 atom stereocenters. The summed E-state index contributed by atoms with van der Waals surface area (Å²) in [6.07, 6.45) is 7.86. The smallest absolute Gasteiger partial charge is 0.335 e. The molecule has 3 aromatic carbocycles. The number of aromatic carboxylic acids is 1. The molecule has 2 bridgehead atoms. The van der Waals surface area contributed by atoms with Gasteiger partial charge in [-0.3, -0.25) is 4.90 Å². The fraction of sp³-hybridized carbons (Fsp3) is 0.457. The lowest BCUT2D eigenvalue weighted by molar-refractivity contribution is -0.221. The van der Waals surface area contributed by atoms with Gasteiger partial charge in [0.05, 0.1) is 23.2 Å². The normalized spacial score (nSPS) is 29.5. The number of carboxylic acid groups (broad SMARTS) is 1. The second kappa shape index (κ2) is 9.60. The van der Waals surface area contributed by atoms with Gasteiger partial charge in [-0.05, 0) is 92.3 Å². The number of likely N-dealkylation sites (tertiary alicyclic amines) is 1. The minimum absolute atomic E-state index is 0.0757. The van der Waals surface area contributed by atoms with E-state index in [2.05, 4.69) is 29.2 Å². The van der Waals surface area contributed by atoms with Crippen LogP contribution in [0.5, 0.6) is 11.5 Å². The first-order valence-corrected chi connectivity index (χ1v) is 15.3. The molecule has 1 spiro atoms. The molecule has 0 radical (unpaired) electrons. The number of carboxylic acids is 1. The van der Waals surface area contributed by atoms with Gasteiger partial charge in [-0.25, -0.2) is 4.79 Å². The Morgan fingerprint density at radius 3 is 2.54 bits per heavy atom. The van der Waals surface area contributed by atoms with Crippen LogP contribution in [-0.4, -0.2) is 46.8 Å². The number of carbonyl (C=O) groups is 1. The average molecular weight is 552 g/mol. The summed E-state index contributed by atoms with van der Waals surface area (Å²) >= 11 is 0. The lowest BCUT2D eigenvalue weighted by atomic mass is 9.49. The molecule has 6 nitrogen and oxygen atoms in total. The van der Waals surface area contributed by atoms with Crippen molar-refractivity contribution in [1.82, 2.24) is 4.90 Å². The number of rotatable bonds is 9. The second-order valence-electron chi connectivity index (χ2n) is 12.8. The Morgan fingerprint density at radius 2 is 1.76 bits per heavy atom. The number of ether oxygens (including phenoxy) is 3. The third kappa shape index (κ3) is 3.94. The van der Waals surface area contributed by atoms with E-state index in [9.17, 15) is 9.90 Å². The van der Waals surface area contributed by atoms with Crippen LogP contribution in [0.4, 0.5) is 0 Å². The molecule has 0 amide bonds. The Kier molecular flexibility index (Phi) is 5.94. The molecule has 6 heteroatoms. The van der Waals surface area contributed by atoms with Crippen molar-refractivity contribution in [2.75, 3.05) is 13.1 Å². The van der Waals surface area contributed by atoms with E-state index >= 15 is 0 Å². The van der Waals surface area contributed by atoms with Crippen LogP contribution < -0.4 is 9.47 Å². The van der Waals surface area contributed by atoms with Gasteiger partial charge in [0, 0.05) is 18.2 Å². The Labute approximate surface area is 241 Å². The summed E-state index contributed by atoms with van der Waals surface area (Å²) < 4.78 is 20.7. The summed E-state index contributed by atoms with van der Waals surface area (Å²) in [5.41, 5.74) is 4.64. The molecule has 3 aromatic rings. The van der Waals surface area contributed by atoms with E-state index in [1.165, 1.54) is 24.0 Å².